The van der Waals surface area contributed by atoms with Gasteiger partial charge in [0.2, 0.25) is 0 Å². The molecule has 10 nitrogen and oxygen atoms in total. The van der Waals surface area contributed by atoms with Gasteiger partial charge in [0.05, 0.1) is 38.1 Å². The fraction of sp³-hybridized carbons (Fsp3) is 0.0667. The largest absolute Gasteiger partial charge is 0.497 e. The van der Waals surface area contributed by atoms with Crippen LogP contribution in [0.25, 0.3) is 88.3 Å². The number of aromatic nitrogens is 4. The summed E-state index contributed by atoms with van der Waals surface area (Å²) in [7, 11) is 3.32. The Hall–Kier alpha value is -9.28. The summed E-state index contributed by atoms with van der Waals surface area (Å²) in [5, 5.41) is 14.5. The van der Waals surface area contributed by atoms with E-state index in [0.717, 1.165) is 88.6 Å². The first-order chi connectivity index (χ1) is 34.4. The van der Waals surface area contributed by atoms with Crippen molar-refractivity contribution in [1.29, 1.82) is 0 Å². The van der Waals surface area contributed by atoms with E-state index in [1.807, 2.05) is 216 Å². The smallest absolute Gasteiger partial charge is 0.344 e. The molecule has 0 saturated carbocycles. The summed E-state index contributed by atoms with van der Waals surface area (Å²) >= 11 is 0. The molecule has 8 aromatic carbocycles. The van der Waals surface area contributed by atoms with Crippen molar-refractivity contribution in [3.63, 3.8) is 0 Å². The lowest BCUT2D eigenvalue weighted by atomic mass is 9.94. The standard InChI is InChI=1S/2C30H22N2O3/c2*1-34-24-15-12-20(13-16-24)18-32-19-23-14-17-25-27(28(23)31-32)26(21-8-4-2-5-9-21)29(35-30(25)33)22-10-6-3-7-11-22/h2*2-17,19H,18H2,1H3. The second-order valence-corrected chi connectivity index (χ2v) is 16.9. The van der Waals surface area contributed by atoms with Crippen molar-refractivity contribution in [2.45, 2.75) is 13.1 Å². The maximum Gasteiger partial charge on any atom is 0.344 e. The fourth-order valence-corrected chi connectivity index (χ4v) is 9.09. The van der Waals surface area contributed by atoms with Crippen LogP contribution in [0.5, 0.6) is 11.5 Å². The molecule has 4 heterocycles. The topological polar surface area (TPSA) is 115 Å². The Labute approximate surface area is 401 Å². The first-order valence-electron chi connectivity index (χ1n) is 22.8. The number of hydrogen-bond acceptors (Lipinski definition) is 8. The first kappa shape index (κ1) is 43.3. The second kappa shape index (κ2) is 18.8. The van der Waals surface area contributed by atoms with Crippen LogP contribution in [0.1, 0.15) is 11.1 Å². The summed E-state index contributed by atoms with van der Waals surface area (Å²) in [4.78, 5) is 26.3. The first-order valence-corrected chi connectivity index (χ1v) is 22.8. The van der Waals surface area contributed by atoms with Crippen LogP contribution in [0.4, 0.5) is 0 Å². The second-order valence-electron chi connectivity index (χ2n) is 16.9. The van der Waals surface area contributed by atoms with E-state index in [1.54, 1.807) is 14.2 Å². The van der Waals surface area contributed by atoms with Crippen LogP contribution in [-0.2, 0) is 13.1 Å². The van der Waals surface area contributed by atoms with E-state index in [0.29, 0.717) is 35.4 Å². The Morgan fingerprint density at radius 1 is 0.414 bits per heavy atom. The Kier molecular flexibility index (Phi) is 11.6. The van der Waals surface area contributed by atoms with Crippen LogP contribution in [0.15, 0.2) is 225 Å². The number of benzene rings is 8. The van der Waals surface area contributed by atoms with Crippen molar-refractivity contribution in [1.82, 2.24) is 19.6 Å². The summed E-state index contributed by atoms with van der Waals surface area (Å²) in [5.41, 5.74) is 8.40. The molecule has 0 aliphatic rings. The van der Waals surface area contributed by atoms with Crippen molar-refractivity contribution in [2.75, 3.05) is 14.2 Å². The molecule has 0 spiro atoms. The van der Waals surface area contributed by atoms with E-state index in [4.69, 9.17) is 28.5 Å². The summed E-state index contributed by atoms with van der Waals surface area (Å²) < 4.78 is 26.2. The van der Waals surface area contributed by atoms with E-state index in [9.17, 15) is 9.59 Å². The van der Waals surface area contributed by atoms with Crippen LogP contribution in [0, 0.1) is 0 Å². The summed E-state index contributed by atoms with van der Waals surface area (Å²) in [6, 6.07) is 63.0. The molecule has 12 rings (SSSR count). The van der Waals surface area contributed by atoms with Crippen LogP contribution < -0.4 is 20.7 Å². The van der Waals surface area contributed by atoms with Gasteiger partial charge in [-0.3, -0.25) is 9.36 Å². The quantitative estimate of drug-likeness (QED) is 0.133. The van der Waals surface area contributed by atoms with E-state index in [1.165, 1.54) is 0 Å². The molecule has 0 atom stereocenters. The molecule has 0 unspecified atom stereocenters. The van der Waals surface area contributed by atoms with Crippen molar-refractivity contribution in [3.8, 4) is 56.4 Å². The molecule has 0 radical (unpaired) electrons. The van der Waals surface area contributed by atoms with Gasteiger partial charge >= 0.3 is 11.3 Å². The number of rotatable bonds is 10. The Morgan fingerprint density at radius 2 is 0.757 bits per heavy atom. The lowest BCUT2D eigenvalue weighted by molar-refractivity contribution is 0.414. The van der Waals surface area contributed by atoms with Crippen molar-refractivity contribution >= 4 is 43.4 Å². The Balaban J connectivity index is 0.000000152. The fourth-order valence-electron chi connectivity index (χ4n) is 9.09. The van der Waals surface area contributed by atoms with E-state index in [2.05, 4.69) is 0 Å². The van der Waals surface area contributed by atoms with Gasteiger partial charge in [-0.25, -0.2) is 9.59 Å². The molecule has 0 fully saturated rings. The highest BCUT2D eigenvalue weighted by atomic mass is 16.5. The maximum absolute atomic E-state index is 13.1. The molecule has 0 saturated heterocycles. The molecule has 70 heavy (non-hydrogen) atoms. The molecule has 340 valence electrons. The van der Waals surface area contributed by atoms with Gasteiger partial charge in [0, 0.05) is 56.2 Å². The van der Waals surface area contributed by atoms with Gasteiger partial charge in [-0.2, -0.15) is 10.2 Å². The molecule has 0 N–H and O–H groups in total. The molecule has 12 aromatic rings. The van der Waals surface area contributed by atoms with E-state index in [-0.39, 0.29) is 11.3 Å². The van der Waals surface area contributed by atoms with Gasteiger partial charge in [-0.15, -0.1) is 0 Å². The zero-order valence-corrected chi connectivity index (χ0v) is 38.3. The van der Waals surface area contributed by atoms with Gasteiger partial charge in [0.15, 0.2) is 0 Å². The monoisotopic (exact) mass is 916 g/mol. The van der Waals surface area contributed by atoms with Crippen molar-refractivity contribution < 1.29 is 18.3 Å². The van der Waals surface area contributed by atoms with Crippen LogP contribution in [0.2, 0.25) is 0 Å². The average molecular weight is 917 g/mol. The molecule has 0 amide bonds. The molecule has 0 aliphatic carbocycles. The highest BCUT2D eigenvalue weighted by Gasteiger charge is 2.23. The highest BCUT2D eigenvalue weighted by Crippen LogP contribution is 2.41. The minimum absolute atomic E-state index is 0.370. The normalized spacial score (nSPS) is 11.2. The highest BCUT2D eigenvalue weighted by molar-refractivity contribution is 6.15. The third-order valence-electron chi connectivity index (χ3n) is 12.4. The SMILES string of the molecule is COc1ccc(Cn2cc3ccc4c(=O)oc(-c5ccccc5)c(-c5ccccc5)c4c3n2)cc1.COc1ccc(Cn2cc3ccc4c(=O)oc(-c5ccccc5)c(-c5ccccc5)c4c3n2)cc1. The zero-order valence-electron chi connectivity index (χ0n) is 38.3. The third kappa shape index (κ3) is 8.39. The lowest BCUT2D eigenvalue weighted by Crippen LogP contribution is -2.04. The molecule has 0 aliphatic heterocycles. The van der Waals surface area contributed by atoms with Crippen LogP contribution in [-0.4, -0.2) is 33.8 Å². The van der Waals surface area contributed by atoms with Gasteiger partial charge in [-0.1, -0.05) is 158 Å². The number of nitrogens with zero attached hydrogens (tertiary/aromatic N) is 4. The minimum Gasteiger partial charge on any atom is -0.497 e. The average Bonchev–Trinajstić information content (AvgIpc) is 4.04. The van der Waals surface area contributed by atoms with Crippen molar-refractivity contribution in [2.24, 2.45) is 0 Å². The molecule has 10 heteroatoms. The third-order valence-corrected chi connectivity index (χ3v) is 12.4. The van der Waals surface area contributed by atoms with Crippen LogP contribution >= 0.6 is 0 Å². The van der Waals surface area contributed by atoms with E-state index < -0.39 is 0 Å². The van der Waals surface area contributed by atoms with E-state index >= 15 is 0 Å². The molecule has 0 bridgehead atoms. The van der Waals surface area contributed by atoms with Crippen molar-refractivity contribution in [3.05, 3.63) is 238 Å². The predicted molar refractivity (Wildman–Crippen MR) is 277 cm³/mol. The summed E-state index contributed by atoms with van der Waals surface area (Å²) in [6.45, 7) is 1.21. The molecule has 4 aromatic heterocycles. The Morgan fingerprint density at radius 3 is 1.10 bits per heavy atom. The summed E-state index contributed by atoms with van der Waals surface area (Å²) in [5.74, 6) is 2.73. The number of ether oxygens (including phenoxy) is 2. The predicted octanol–water partition coefficient (Wildman–Crippen LogP) is 13.1. The lowest BCUT2D eigenvalue weighted by Gasteiger charge is -2.12. The molecular weight excluding hydrogens is 873 g/mol. The summed E-state index contributed by atoms with van der Waals surface area (Å²) in [6.07, 6.45) is 4.04. The maximum atomic E-state index is 13.1. The Bertz CT molecular complexity index is 3660. The minimum atomic E-state index is -0.370. The number of fused-ring (bicyclic) bond motifs is 6. The number of hydrogen-bond donors (Lipinski definition) is 0. The zero-order chi connectivity index (χ0) is 47.6. The number of methoxy groups -OCH3 is 2. The van der Waals surface area contributed by atoms with Crippen LogP contribution in [0.3, 0.4) is 0 Å². The van der Waals surface area contributed by atoms with Gasteiger partial charge < -0.3 is 18.3 Å². The van der Waals surface area contributed by atoms with Gasteiger partial charge in [0.25, 0.3) is 0 Å². The molecular formula is C60H44N4O6. The van der Waals surface area contributed by atoms with Gasteiger partial charge in [0.1, 0.15) is 34.1 Å². The van der Waals surface area contributed by atoms with Gasteiger partial charge in [-0.05, 0) is 58.7 Å².